The minimum atomic E-state index is -1.06. The van der Waals surface area contributed by atoms with Gasteiger partial charge in [-0.1, -0.05) is 15.9 Å². The number of furan rings is 1. The van der Waals surface area contributed by atoms with Crippen molar-refractivity contribution in [1.29, 1.82) is 0 Å². The van der Waals surface area contributed by atoms with Crippen molar-refractivity contribution in [1.82, 2.24) is 0 Å². The number of hydrogen-bond acceptors (Lipinski definition) is 3. The molecule has 100 valence electrons. The van der Waals surface area contributed by atoms with Crippen molar-refractivity contribution in [3.63, 3.8) is 0 Å². The van der Waals surface area contributed by atoms with E-state index in [1.54, 1.807) is 6.92 Å². The molecule has 0 aliphatic carbocycles. The van der Waals surface area contributed by atoms with Crippen molar-refractivity contribution in [3.05, 3.63) is 50.3 Å². The van der Waals surface area contributed by atoms with Gasteiger partial charge in [0.05, 0.1) is 0 Å². The van der Waals surface area contributed by atoms with Crippen LogP contribution in [0.4, 0.5) is 5.69 Å². The molecule has 2 aromatic rings. The number of anilines is 1. The molecule has 6 heteroatoms. The van der Waals surface area contributed by atoms with E-state index in [1.165, 1.54) is 6.07 Å². The van der Waals surface area contributed by atoms with E-state index in [4.69, 9.17) is 9.52 Å². The number of carboxylic acids is 1. The Kier molecular flexibility index (Phi) is 4.31. The standard InChI is InChI=1S/C13H11Br2NO3/c1-7-8(4-12(19-7)13(17)18)6-16-11-5-9(14)2-3-10(11)15/h2-5,16H,6H2,1H3,(H,17,18). The molecule has 2 rings (SSSR count). The van der Waals surface area contributed by atoms with Crippen molar-refractivity contribution < 1.29 is 14.3 Å². The van der Waals surface area contributed by atoms with E-state index < -0.39 is 5.97 Å². The summed E-state index contributed by atoms with van der Waals surface area (Å²) in [7, 11) is 0. The highest BCUT2D eigenvalue weighted by atomic mass is 79.9. The number of carbonyl (C=O) groups is 1. The summed E-state index contributed by atoms with van der Waals surface area (Å²) in [6, 6.07) is 7.34. The number of nitrogens with one attached hydrogen (secondary N) is 1. The van der Waals surface area contributed by atoms with E-state index >= 15 is 0 Å². The van der Waals surface area contributed by atoms with Gasteiger partial charge in [-0.25, -0.2) is 4.79 Å². The molecule has 1 aromatic carbocycles. The molecule has 1 heterocycles. The fraction of sp³-hybridized carbons (Fsp3) is 0.154. The minimum absolute atomic E-state index is 0.0393. The zero-order valence-corrected chi connectivity index (χ0v) is 13.2. The number of halogens is 2. The molecule has 2 N–H and O–H groups in total. The average molecular weight is 389 g/mol. The molecule has 0 unspecified atom stereocenters. The van der Waals surface area contributed by atoms with Crippen LogP contribution in [0.3, 0.4) is 0 Å². The topological polar surface area (TPSA) is 62.5 Å². The maximum Gasteiger partial charge on any atom is 0.371 e. The van der Waals surface area contributed by atoms with Gasteiger partial charge >= 0.3 is 5.97 Å². The van der Waals surface area contributed by atoms with Gasteiger partial charge in [-0.2, -0.15) is 0 Å². The smallest absolute Gasteiger partial charge is 0.371 e. The Morgan fingerprint density at radius 3 is 2.74 bits per heavy atom. The largest absolute Gasteiger partial charge is 0.475 e. The highest BCUT2D eigenvalue weighted by Gasteiger charge is 2.13. The third-order valence-electron chi connectivity index (χ3n) is 2.63. The van der Waals surface area contributed by atoms with Crippen LogP contribution >= 0.6 is 31.9 Å². The highest BCUT2D eigenvalue weighted by molar-refractivity contribution is 9.11. The van der Waals surface area contributed by atoms with Crippen LogP contribution in [0.5, 0.6) is 0 Å². The van der Waals surface area contributed by atoms with E-state index in [0.717, 1.165) is 20.2 Å². The predicted octanol–water partition coefficient (Wildman–Crippen LogP) is 4.42. The van der Waals surface area contributed by atoms with Crippen LogP contribution in [0, 0.1) is 6.92 Å². The molecule has 0 saturated carbocycles. The molecule has 0 aliphatic rings. The van der Waals surface area contributed by atoms with Gasteiger partial charge in [0.2, 0.25) is 5.76 Å². The summed E-state index contributed by atoms with van der Waals surface area (Å²) in [5.41, 5.74) is 1.75. The number of carboxylic acid groups (broad SMARTS) is 1. The first-order chi connectivity index (χ1) is 8.97. The number of rotatable bonds is 4. The highest BCUT2D eigenvalue weighted by Crippen LogP contribution is 2.27. The van der Waals surface area contributed by atoms with Gasteiger partial charge < -0.3 is 14.8 Å². The number of aromatic carboxylic acids is 1. The lowest BCUT2D eigenvalue weighted by Gasteiger charge is -2.08. The van der Waals surface area contributed by atoms with E-state index in [2.05, 4.69) is 37.2 Å². The zero-order chi connectivity index (χ0) is 14.0. The second-order valence-electron chi connectivity index (χ2n) is 3.97. The second-order valence-corrected chi connectivity index (χ2v) is 5.74. The summed E-state index contributed by atoms with van der Waals surface area (Å²) in [5, 5.41) is 12.1. The summed E-state index contributed by atoms with van der Waals surface area (Å²) in [6.45, 7) is 2.25. The molecule has 0 bridgehead atoms. The van der Waals surface area contributed by atoms with Gasteiger partial charge in [0, 0.05) is 26.7 Å². The van der Waals surface area contributed by atoms with Crippen LogP contribution in [0.15, 0.2) is 37.6 Å². The predicted molar refractivity (Wildman–Crippen MR) is 79.6 cm³/mol. The summed E-state index contributed by atoms with van der Waals surface area (Å²) < 4.78 is 7.06. The van der Waals surface area contributed by atoms with Crippen molar-refractivity contribution in [2.24, 2.45) is 0 Å². The molecule has 0 radical (unpaired) electrons. The van der Waals surface area contributed by atoms with Crippen molar-refractivity contribution >= 4 is 43.5 Å². The van der Waals surface area contributed by atoms with Crippen molar-refractivity contribution in [2.45, 2.75) is 13.5 Å². The fourth-order valence-electron chi connectivity index (χ4n) is 1.62. The maximum absolute atomic E-state index is 10.8. The molecule has 0 aliphatic heterocycles. The van der Waals surface area contributed by atoms with Gasteiger partial charge in [0.15, 0.2) is 0 Å². The SMILES string of the molecule is Cc1oc(C(=O)O)cc1CNc1cc(Br)ccc1Br. The van der Waals surface area contributed by atoms with E-state index in [9.17, 15) is 4.79 Å². The molecule has 0 spiro atoms. The Hall–Kier alpha value is -1.27. The first-order valence-corrected chi connectivity index (χ1v) is 7.07. The second kappa shape index (κ2) is 5.79. The van der Waals surface area contributed by atoms with Crippen LogP contribution in [0.1, 0.15) is 21.9 Å². The fourth-order valence-corrected chi connectivity index (χ4v) is 2.37. The Labute approximate surface area is 127 Å². The van der Waals surface area contributed by atoms with Gasteiger partial charge in [-0.3, -0.25) is 0 Å². The lowest BCUT2D eigenvalue weighted by molar-refractivity contribution is 0.0661. The molecule has 0 atom stereocenters. The summed E-state index contributed by atoms with van der Waals surface area (Å²) >= 11 is 6.85. The molecule has 0 amide bonds. The molecule has 0 fully saturated rings. The quantitative estimate of drug-likeness (QED) is 0.813. The Balaban J connectivity index is 2.14. The third-order valence-corrected chi connectivity index (χ3v) is 3.81. The summed E-state index contributed by atoms with van der Waals surface area (Å²) in [5.74, 6) is -0.489. The first kappa shape index (κ1) is 14.1. The minimum Gasteiger partial charge on any atom is -0.475 e. The van der Waals surface area contributed by atoms with Crippen LogP contribution in [0.25, 0.3) is 0 Å². The molecule has 4 nitrogen and oxygen atoms in total. The lowest BCUT2D eigenvalue weighted by Crippen LogP contribution is -2.00. The van der Waals surface area contributed by atoms with Crippen LogP contribution < -0.4 is 5.32 Å². The van der Waals surface area contributed by atoms with E-state index in [1.807, 2.05) is 18.2 Å². The van der Waals surface area contributed by atoms with E-state index in [0.29, 0.717) is 12.3 Å². The Morgan fingerprint density at radius 1 is 1.37 bits per heavy atom. The number of aryl methyl sites for hydroxylation is 1. The summed E-state index contributed by atoms with van der Waals surface area (Å²) in [6.07, 6.45) is 0. The van der Waals surface area contributed by atoms with Crippen LogP contribution in [-0.2, 0) is 6.54 Å². The molecular weight excluding hydrogens is 378 g/mol. The Morgan fingerprint density at radius 2 is 2.11 bits per heavy atom. The van der Waals surface area contributed by atoms with E-state index in [-0.39, 0.29) is 5.76 Å². The Bertz CT molecular complexity index is 622. The van der Waals surface area contributed by atoms with Crippen molar-refractivity contribution in [3.8, 4) is 0 Å². The molecule has 0 saturated heterocycles. The van der Waals surface area contributed by atoms with Gasteiger partial charge in [-0.05, 0) is 47.1 Å². The van der Waals surface area contributed by atoms with Crippen LogP contribution in [-0.4, -0.2) is 11.1 Å². The van der Waals surface area contributed by atoms with Gasteiger partial charge in [-0.15, -0.1) is 0 Å². The van der Waals surface area contributed by atoms with Crippen LogP contribution in [0.2, 0.25) is 0 Å². The molecule has 1 aromatic heterocycles. The van der Waals surface area contributed by atoms with Crippen molar-refractivity contribution in [2.75, 3.05) is 5.32 Å². The maximum atomic E-state index is 10.8. The number of hydrogen-bond donors (Lipinski definition) is 2. The average Bonchev–Trinajstić information content (AvgIpc) is 2.72. The third kappa shape index (κ3) is 3.39. The lowest BCUT2D eigenvalue weighted by atomic mass is 10.2. The van der Waals surface area contributed by atoms with Gasteiger partial charge in [0.25, 0.3) is 0 Å². The monoisotopic (exact) mass is 387 g/mol. The molecular formula is C13H11Br2NO3. The number of benzene rings is 1. The molecule has 19 heavy (non-hydrogen) atoms. The van der Waals surface area contributed by atoms with Gasteiger partial charge in [0.1, 0.15) is 5.76 Å². The first-order valence-electron chi connectivity index (χ1n) is 5.49. The zero-order valence-electron chi connectivity index (χ0n) is 10.0. The normalized spacial score (nSPS) is 10.5. The summed E-state index contributed by atoms with van der Waals surface area (Å²) in [4.78, 5) is 10.8.